The fourth-order valence-corrected chi connectivity index (χ4v) is 0.958. The lowest BCUT2D eigenvalue weighted by atomic mass is 10.2. The van der Waals surface area contributed by atoms with Crippen LogP contribution >= 0.6 is 0 Å². The first-order valence-electron chi connectivity index (χ1n) is 4.41. The van der Waals surface area contributed by atoms with Crippen LogP contribution in [0.25, 0.3) is 0 Å². The summed E-state index contributed by atoms with van der Waals surface area (Å²) in [6.45, 7) is 1.10. The lowest BCUT2D eigenvalue weighted by molar-refractivity contribution is 0.0953. The zero-order valence-corrected chi connectivity index (χ0v) is 7.75. The minimum atomic E-state index is -0.219. The lowest BCUT2D eigenvalue weighted by Gasteiger charge is -2.02. The molecule has 0 spiro atoms. The maximum Gasteiger partial charge on any atom is 0.252 e. The van der Waals surface area contributed by atoms with Gasteiger partial charge in [0.2, 0.25) is 5.56 Å². The first kappa shape index (κ1) is 10.5. The highest BCUT2D eigenvalue weighted by molar-refractivity contribution is 5.93. The van der Waals surface area contributed by atoms with Crippen molar-refractivity contribution < 1.29 is 4.79 Å². The van der Waals surface area contributed by atoms with Crippen LogP contribution in [-0.2, 0) is 0 Å². The van der Waals surface area contributed by atoms with E-state index in [9.17, 15) is 9.59 Å². The number of rotatable bonds is 4. The third-order valence-corrected chi connectivity index (χ3v) is 1.71. The number of aromatic amines is 1. The van der Waals surface area contributed by atoms with Gasteiger partial charge in [0.25, 0.3) is 5.91 Å². The van der Waals surface area contributed by atoms with Crippen LogP contribution in [-0.4, -0.2) is 24.0 Å². The normalized spacial score (nSPS) is 9.79. The summed E-state index contributed by atoms with van der Waals surface area (Å²) in [5.74, 6) is -0.199. The standard InChI is InChI=1S/C9H13N3O2/c10-4-1-5-11-9(14)7-2-3-8(13)12-6-7/h2-3,6H,1,4-5,10H2,(H,11,14)(H,12,13). The number of nitrogens with two attached hydrogens (primary N) is 1. The molecule has 0 aliphatic rings. The van der Waals surface area contributed by atoms with Crippen molar-refractivity contribution in [2.75, 3.05) is 13.1 Å². The van der Waals surface area contributed by atoms with Crippen LogP contribution in [0, 0.1) is 0 Å². The Morgan fingerprint density at radius 2 is 2.29 bits per heavy atom. The first-order chi connectivity index (χ1) is 6.74. The predicted octanol–water partition coefficient (Wildman–Crippen LogP) is -0.547. The molecular weight excluding hydrogens is 182 g/mol. The molecule has 0 atom stereocenters. The Morgan fingerprint density at radius 3 is 2.86 bits per heavy atom. The van der Waals surface area contributed by atoms with Crippen molar-refractivity contribution in [1.29, 1.82) is 0 Å². The Morgan fingerprint density at radius 1 is 1.50 bits per heavy atom. The number of hydrogen-bond acceptors (Lipinski definition) is 3. The molecule has 1 heterocycles. The second kappa shape index (κ2) is 5.18. The molecule has 1 aromatic heterocycles. The number of H-pyrrole nitrogens is 1. The van der Waals surface area contributed by atoms with E-state index in [4.69, 9.17) is 5.73 Å². The maximum atomic E-state index is 11.4. The highest BCUT2D eigenvalue weighted by atomic mass is 16.1. The van der Waals surface area contributed by atoms with Crippen molar-refractivity contribution in [3.63, 3.8) is 0 Å². The maximum absolute atomic E-state index is 11.4. The molecule has 4 N–H and O–H groups in total. The van der Waals surface area contributed by atoms with Crippen LogP contribution in [0.15, 0.2) is 23.1 Å². The SMILES string of the molecule is NCCCNC(=O)c1ccc(=O)[nH]c1. The Kier molecular flexibility index (Phi) is 3.87. The largest absolute Gasteiger partial charge is 0.352 e. The molecule has 0 radical (unpaired) electrons. The zero-order valence-electron chi connectivity index (χ0n) is 7.75. The number of hydrogen-bond donors (Lipinski definition) is 3. The van der Waals surface area contributed by atoms with Gasteiger partial charge in [-0.1, -0.05) is 0 Å². The molecule has 0 unspecified atom stereocenters. The van der Waals surface area contributed by atoms with Gasteiger partial charge in [0.15, 0.2) is 0 Å². The highest BCUT2D eigenvalue weighted by Gasteiger charge is 2.03. The third-order valence-electron chi connectivity index (χ3n) is 1.71. The highest BCUT2D eigenvalue weighted by Crippen LogP contribution is 1.92. The lowest BCUT2D eigenvalue weighted by Crippen LogP contribution is -2.26. The molecule has 0 saturated carbocycles. The number of carbonyl (C=O) groups is 1. The molecule has 14 heavy (non-hydrogen) atoms. The van der Waals surface area contributed by atoms with Gasteiger partial charge in [-0.15, -0.1) is 0 Å². The molecule has 5 heteroatoms. The number of amides is 1. The summed E-state index contributed by atoms with van der Waals surface area (Å²) in [7, 11) is 0. The molecule has 5 nitrogen and oxygen atoms in total. The first-order valence-corrected chi connectivity index (χ1v) is 4.41. The molecule has 0 aliphatic carbocycles. The van der Waals surface area contributed by atoms with Crippen LogP contribution < -0.4 is 16.6 Å². The molecule has 1 amide bonds. The molecule has 1 rings (SSSR count). The van der Waals surface area contributed by atoms with Gasteiger partial charge in [-0.25, -0.2) is 0 Å². The summed E-state index contributed by atoms with van der Waals surface area (Å²) >= 11 is 0. The zero-order chi connectivity index (χ0) is 10.4. The van der Waals surface area contributed by atoms with Crippen LogP contribution in [0.3, 0.4) is 0 Å². The van der Waals surface area contributed by atoms with Gasteiger partial charge in [0.1, 0.15) is 0 Å². The van der Waals surface area contributed by atoms with E-state index in [0.29, 0.717) is 18.7 Å². The van der Waals surface area contributed by atoms with E-state index < -0.39 is 0 Å². The molecule has 1 aromatic rings. The van der Waals surface area contributed by atoms with Crippen LogP contribution in [0.2, 0.25) is 0 Å². The average Bonchev–Trinajstić information content (AvgIpc) is 2.19. The number of nitrogens with one attached hydrogen (secondary N) is 2. The summed E-state index contributed by atoms with van der Waals surface area (Å²) in [5, 5.41) is 2.68. The van der Waals surface area contributed by atoms with Crippen molar-refractivity contribution in [2.24, 2.45) is 5.73 Å². The van der Waals surface area contributed by atoms with Crippen molar-refractivity contribution in [3.8, 4) is 0 Å². The fourth-order valence-electron chi connectivity index (χ4n) is 0.958. The quantitative estimate of drug-likeness (QED) is 0.563. The van der Waals surface area contributed by atoms with Gasteiger partial charge in [0, 0.05) is 18.8 Å². The van der Waals surface area contributed by atoms with Crippen LogP contribution in [0.1, 0.15) is 16.8 Å². The smallest absolute Gasteiger partial charge is 0.252 e. The summed E-state index contributed by atoms with van der Waals surface area (Å²) < 4.78 is 0. The minimum absolute atomic E-state index is 0.199. The number of aromatic nitrogens is 1. The van der Waals surface area contributed by atoms with E-state index in [-0.39, 0.29) is 11.5 Å². The van der Waals surface area contributed by atoms with E-state index in [1.165, 1.54) is 18.3 Å². The average molecular weight is 195 g/mol. The van der Waals surface area contributed by atoms with Gasteiger partial charge < -0.3 is 16.0 Å². The van der Waals surface area contributed by atoms with Crippen molar-refractivity contribution in [3.05, 3.63) is 34.2 Å². The second-order valence-corrected chi connectivity index (χ2v) is 2.84. The molecule has 0 bridgehead atoms. The molecule has 0 aliphatic heterocycles. The molecular formula is C9H13N3O2. The van der Waals surface area contributed by atoms with Crippen molar-refractivity contribution in [1.82, 2.24) is 10.3 Å². The topological polar surface area (TPSA) is 88.0 Å². The van der Waals surface area contributed by atoms with E-state index in [2.05, 4.69) is 10.3 Å². The summed E-state index contributed by atoms with van der Waals surface area (Å²) in [5.41, 5.74) is 5.50. The Labute approximate surface area is 81.3 Å². The summed E-state index contributed by atoms with van der Waals surface area (Å²) in [4.78, 5) is 24.5. The summed E-state index contributed by atoms with van der Waals surface area (Å²) in [6, 6.07) is 2.80. The Balaban J connectivity index is 2.52. The second-order valence-electron chi connectivity index (χ2n) is 2.84. The minimum Gasteiger partial charge on any atom is -0.352 e. The van der Waals surface area contributed by atoms with E-state index in [0.717, 1.165) is 6.42 Å². The predicted molar refractivity (Wildman–Crippen MR) is 53.1 cm³/mol. The van der Waals surface area contributed by atoms with Crippen LogP contribution in [0.5, 0.6) is 0 Å². The third kappa shape index (κ3) is 3.02. The fraction of sp³-hybridized carbons (Fsp3) is 0.333. The van der Waals surface area contributed by atoms with E-state index >= 15 is 0 Å². The van der Waals surface area contributed by atoms with Gasteiger partial charge in [0.05, 0.1) is 5.56 Å². The van der Waals surface area contributed by atoms with E-state index in [1.54, 1.807) is 0 Å². The molecule has 0 aromatic carbocycles. The van der Waals surface area contributed by atoms with Crippen molar-refractivity contribution >= 4 is 5.91 Å². The van der Waals surface area contributed by atoms with Gasteiger partial charge >= 0.3 is 0 Å². The monoisotopic (exact) mass is 195 g/mol. The molecule has 0 saturated heterocycles. The van der Waals surface area contributed by atoms with Gasteiger partial charge in [-0.2, -0.15) is 0 Å². The van der Waals surface area contributed by atoms with Crippen molar-refractivity contribution in [2.45, 2.75) is 6.42 Å². The number of pyridine rings is 1. The molecule has 76 valence electrons. The van der Waals surface area contributed by atoms with Crippen LogP contribution in [0.4, 0.5) is 0 Å². The summed E-state index contributed by atoms with van der Waals surface area (Å²) in [6.07, 6.45) is 2.13. The van der Waals surface area contributed by atoms with Gasteiger partial charge in [-0.05, 0) is 19.0 Å². The Hall–Kier alpha value is -1.62. The van der Waals surface area contributed by atoms with Gasteiger partial charge in [-0.3, -0.25) is 9.59 Å². The number of carbonyl (C=O) groups excluding carboxylic acids is 1. The Bertz CT molecular complexity index is 339. The molecule has 0 fully saturated rings. The van der Waals surface area contributed by atoms with E-state index in [1.807, 2.05) is 0 Å².